The lowest BCUT2D eigenvalue weighted by Gasteiger charge is -2.21. The van der Waals surface area contributed by atoms with Gasteiger partial charge in [0.05, 0.1) is 12.1 Å². The van der Waals surface area contributed by atoms with Crippen LogP contribution in [-0.4, -0.2) is 18.1 Å². The summed E-state index contributed by atoms with van der Waals surface area (Å²) in [7, 11) is 0. The first-order valence-corrected chi connectivity index (χ1v) is 6.28. The Hall–Kier alpha value is -1.55. The fourth-order valence-corrected chi connectivity index (χ4v) is 1.46. The predicted molar refractivity (Wildman–Crippen MR) is 72.3 cm³/mol. The lowest BCUT2D eigenvalue weighted by atomic mass is 9.99. The highest BCUT2D eigenvalue weighted by atomic mass is 16.5. The number of nitrogens with one attached hydrogen (secondary N) is 1. The molecule has 18 heavy (non-hydrogen) atoms. The van der Waals surface area contributed by atoms with Gasteiger partial charge in [-0.3, -0.25) is 4.79 Å². The molecule has 1 aromatic rings. The molecule has 4 heteroatoms. The average Bonchev–Trinajstić information content (AvgIpc) is 2.36. The first-order chi connectivity index (χ1) is 8.49. The molecule has 1 atom stereocenters. The van der Waals surface area contributed by atoms with E-state index in [1.54, 1.807) is 6.92 Å². The van der Waals surface area contributed by atoms with Crippen molar-refractivity contribution in [2.24, 2.45) is 5.73 Å². The van der Waals surface area contributed by atoms with Gasteiger partial charge in [0.1, 0.15) is 5.75 Å². The summed E-state index contributed by atoms with van der Waals surface area (Å²) in [6, 6.07) is 7.67. The van der Waals surface area contributed by atoms with E-state index >= 15 is 0 Å². The van der Waals surface area contributed by atoms with Gasteiger partial charge >= 0.3 is 0 Å². The molecule has 1 rings (SSSR count). The molecule has 0 saturated carbocycles. The van der Waals surface area contributed by atoms with Gasteiger partial charge in [0, 0.05) is 6.54 Å². The van der Waals surface area contributed by atoms with E-state index in [0.717, 1.165) is 11.3 Å². The van der Waals surface area contributed by atoms with Crippen molar-refractivity contribution in [3.05, 3.63) is 29.8 Å². The number of ether oxygens (including phenoxy) is 1. The van der Waals surface area contributed by atoms with Gasteiger partial charge in [-0.2, -0.15) is 0 Å². The van der Waals surface area contributed by atoms with Crippen LogP contribution >= 0.6 is 0 Å². The molecule has 100 valence electrons. The Morgan fingerprint density at radius 3 is 2.78 bits per heavy atom. The molecule has 0 aliphatic rings. The van der Waals surface area contributed by atoms with E-state index in [9.17, 15) is 4.79 Å². The average molecular weight is 250 g/mol. The second kappa shape index (κ2) is 6.40. The number of carbonyl (C=O) groups excluding carboxylic acids is 1. The van der Waals surface area contributed by atoms with E-state index in [4.69, 9.17) is 10.5 Å². The van der Waals surface area contributed by atoms with Gasteiger partial charge in [0.15, 0.2) is 0 Å². The fraction of sp³-hybridized carbons (Fsp3) is 0.500. The fourth-order valence-electron chi connectivity index (χ4n) is 1.46. The normalized spacial score (nSPS) is 13.8. The molecule has 3 N–H and O–H groups in total. The Morgan fingerprint density at radius 2 is 2.17 bits per heavy atom. The summed E-state index contributed by atoms with van der Waals surface area (Å²) in [5.74, 6) is 0.682. The second-order valence-corrected chi connectivity index (χ2v) is 4.53. The van der Waals surface area contributed by atoms with Gasteiger partial charge in [0.25, 0.3) is 0 Å². The topological polar surface area (TPSA) is 64.3 Å². The molecule has 0 heterocycles. The summed E-state index contributed by atoms with van der Waals surface area (Å²) < 4.78 is 5.40. The van der Waals surface area contributed by atoms with Crippen LogP contribution in [0.3, 0.4) is 0 Å². The number of rotatable bonds is 6. The highest BCUT2D eigenvalue weighted by Gasteiger charge is 2.25. The molecule has 0 radical (unpaired) electrons. The van der Waals surface area contributed by atoms with Crippen molar-refractivity contribution in [1.29, 1.82) is 0 Å². The van der Waals surface area contributed by atoms with Gasteiger partial charge in [-0.25, -0.2) is 0 Å². The lowest BCUT2D eigenvalue weighted by molar-refractivity contribution is -0.126. The molecule has 0 aromatic heterocycles. The highest BCUT2D eigenvalue weighted by Crippen LogP contribution is 2.13. The summed E-state index contributed by atoms with van der Waals surface area (Å²) >= 11 is 0. The zero-order valence-corrected chi connectivity index (χ0v) is 11.3. The van der Waals surface area contributed by atoms with Crippen molar-refractivity contribution in [3.8, 4) is 5.75 Å². The van der Waals surface area contributed by atoms with Crippen molar-refractivity contribution >= 4 is 5.91 Å². The van der Waals surface area contributed by atoms with Crippen LogP contribution in [0.2, 0.25) is 0 Å². The van der Waals surface area contributed by atoms with Crippen LogP contribution in [0.25, 0.3) is 0 Å². The van der Waals surface area contributed by atoms with E-state index in [2.05, 4.69) is 5.32 Å². The van der Waals surface area contributed by atoms with Crippen molar-refractivity contribution in [2.45, 2.75) is 39.3 Å². The Bertz CT molecular complexity index is 403. The predicted octanol–water partition coefficient (Wildman–Crippen LogP) is 1.83. The van der Waals surface area contributed by atoms with E-state index in [0.29, 0.717) is 19.6 Å². The second-order valence-electron chi connectivity index (χ2n) is 4.53. The third kappa shape index (κ3) is 4.04. The number of nitrogens with two attached hydrogens (primary N) is 1. The standard InChI is InChI=1S/C14H22N2O2/c1-4-14(3,15)13(17)16-10-11-7-6-8-12(9-11)18-5-2/h6-9H,4-5,10,15H2,1-3H3,(H,16,17). The molecule has 1 amide bonds. The molecule has 0 aliphatic carbocycles. The summed E-state index contributed by atoms with van der Waals surface area (Å²) in [6.07, 6.45) is 0.609. The van der Waals surface area contributed by atoms with Crippen molar-refractivity contribution in [1.82, 2.24) is 5.32 Å². The van der Waals surface area contributed by atoms with Gasteiger partial charge in [-0.1, -0.05) is 19.1 Å². The van der Waals surface area contributed by atoms with Crippen molar-refractivity contribution in [3.63, 3.8) is 0 Å². The van der Waals surface area contributed by atoms with E-state index < -0.39 is 5.54 Å². The van der Waals surface area contributed by atoms with Crippen LogP contribution in [0.15, 0.2) is 24.3 Å². The first-order valence-electron chi connectivity index (χ1n) is 6.28. The molecule has 0 bridgehead atoms. The van der Waals surface area contributed by atoms with E-state index in [1.807, 2.05) is 38.1 Å². The number of hydrogen-bond donors (Lipinski definition) is 2. The van der Waals surface area contributed by atoms with Crippen LogP contribution in [0.1, 0.15) is 32.8 Å². The van der Waals surface area contributed by atoms with Gasteiger partial charge in [-0.05, 0) is 38.0 Å². The van der Waals surface area contributed by atoms with E-state index in [-0.39, 0.29) is 5.91 Å². The smallest absolute Gasteiger partial charge is 0.240 e. The first kappa shape index (κ1) is 14.5. The van der Waals surface area contributed by atoms with Crippen LogP contribution in [0.5, 0.6) is 5.75 Å². The molecule has 0 spiro atoms. The summed E-state index contributed by atoms with van der Waals surface area (Å²) in [5, 5.41) is 2.84. The molecule has 1 aromatic carbocycles. The maximum absolute atomic E-state index is 11.8. The summed E-state index contributed by atoms with van der Waals surface area (Å²) in [4.78, 5) is 11.8. The zero-order chi connectivity index (χ0) is 13.6. The van der Waals surface area contributed by atoms with Gasteiger partial charge < -0.3 is 15.8 Å². The maximum atomic E-state index is 11.8. The van der Waals surface area contributed by atoms with Gasteiger partial charge in [0.2, 0.25) is 5.91 Å². The minimum absolute atomic E-state index is 0.133. The maximum Gasteiger partial charge on any atom is 0.240 e. The van der Waals surface area contributed by atoms with Crippen LogP contribution in [0.4, 0.5) is 0 Å². The largest absolute Gasteiger partial charge is 0.494 e. The Morgan fingerprint density at radius 1 is 1.44 bits per heavy atom. The van der Waals surface area contributed by atoms with Crippen molar-refractivity contribution in [2.75, 3.05) is 6.61 Å². The Labute approximate surface area is 109 Å². The van der Waals surface area contributed by atoms with Crippen molar-refractivity contribution < 1.29 is 9.53 Å². The number of carbonyl (C=O) groups is 1. The minimum Gasteiger partial charge on any atom is -0.494 e. The Balaban J connectivity index is 2.58. The third-order valence-corrected chi connectivity index (χ3v) is 2.92. The van der Waals surface area contributed by atoms with Crippen LogP contribution in [0, 0.1) is 0 Å². The molecule has 4 nitrogen and oxygen atoms in total. The molecular formula is C14H22N2O2. The molecule has 0 aliphatic heterocycles. The quantitative estimate of drug-likeness (QED) is 0.809. The molecule has 0 fully saturated rings. The Kier molecular flexibility index (Phi) is 5.16. The highest BCUT2D eigenvalue weighted by molar-refractivity contribution is 5.85. The SMILES string of the molecule is CCOc1cccc(CNC(=O)C(C)(N)CC)c1. The number of amides is 1. The lowest BCUT2D eigenvalue weighted by Crippen LogP contribution is -2.50. The summed E-state index contributed by atoms with van der Waals surface area (Å²) in [5.41, 5.74) is 6.06. The van der Waals surface area contributed by atoms with Crippen LogP contribution in [-0.2, 0) is 11.3 Å². The van der Waals surface area contributed by atoms with Gasteiger partial charge in [-0.15, -0.1) is 0 Å². The molecule has 1 unspecified atom stereocenters. The molecule has 0 saturated heterocycles. The number of hydrogen-bond acceptors (Lipinski definition) is 3. The van der Waals surface area contributed by atoms with E-state index in [1.165, 1.54) is 0 Å². The van der Waals surface area contributed by atoms with Crippen LogP contribution < -0.4 is 15.8 Å². The third-order valence-electron chi connectivity index (χ3n) is 2.92. The minimum atomic E-state index is -0.808. The number of benzene rings is 1. The zero-order valence-electron chi connectivity index (χ0n) is 11.3. The summed E-state index contributed by atoms with van der Waals surface area (Å²) in [6.45, 7) is 6.67. The molecular weight excluding hydrogens is 228 g/mol. The monoisotopic (exact) mass is 250 g/mol.